The van der Waals surface area contributed by atoms with Crippen LogP contribution in [0.25, 0.3) is 22.4 Å². The molecule has 176 valence electrons. The van der Waals surface area contributed by atoms with Gasteiger partial charge in [-0.1, -0.05) is 54.2 Å². The lowest BCUT2D eigenvalue weighted by molar-refractivity contribution is -0.121. The maximum absolute atomic E-state index is 14.0. The second kappa shape index (κ2) is 9.72. The van der Waals surface area contributed by atoms with Gasteiger partial charge in [-0.15, -0.1) is 0 Å². The van der Waals surface area contributed by atoms with Gasteiger partial charge in [0.2, 0.25) is 11.8 Å². The summed E-state index contributed by atoms with van der Waals surface area (Å²) in [5.74, 6) is -1.82. The van der Waals surface area contributed by atoms with Crippen molar-refractivity contribution in [3.8, 4) is 28.5 Å². The zero-order valence-electron chi connectivity index (χ0n) is 18.7. The van der Waals surface area contributed by atoms with E-state index >= 15 is 0 Å². The molecule has 0 aliphatic carbocycles. The zero-order valence-corrected chi connectivity index (χ0v) is 19.5. The van der Waals surface area contributed by atoms with Crippen LogP contribution < -0.4 is 4.90 Å². The van der Waals surface area contributed by atoms with Gasteiger partial charge in [0.1, 0.15) is 22.7 Å². The second-order valence-electron chi connectivity index (χ2n) is 8.08. The highest BCUT2D eigenvalue weighted by Crippen LogP contribution is 2.39. The highest BCUT2D eigenvalue weighted by Gasteiger charge is 2.41. The average Bonchev–Trinajstić information content (AvgIpc) is 3.17. The summed E-state index contributed by atoms with van der Waals surface area (Å²) in [6, 6.07) is 24.2. The highest BCUT2D eigenvalue weighted by molar-refractivity contribution is 8.00. The Bertz CT molecular complexity index is 1520. The van der Waals surface area contributed by atoms with Crippen LogP contribution in [0.2, 0.25) is 0 Å². The predicted octanol–water partition coefficient (Wildman–Crippen LogP) is 5.99. The first-order chi connectivity index (χ1) is 17.4. The molecule has 2 heterocycles. The third kappa shape index (κ3) is 4.49. The Morgan fingerprint density at radius 1 is 0.889 bits per heavy atom. The molecule has 8 heteroatoms. The minimum Gasteiger partial charge on any atom is -0.274 e. The number of aromatic nitrogens is 1. The smallest absolute Gasteiger partial charge is 0.247 e. The van der Waals surface area contributed by atoms with Crippen LogP contribution in [-0.2, 0) is 9.59 Å². The van der Waals surface area contributed by atoms with Crippen molar-refractivity contribution in [2.75, 3.05) is 4.90 Å². The average molecular weight is 498 g/mol. The van der Waals surface area contributed by atoms with Crippen LogP contribution in [0, 0.1) is 23.0 Å². The third-order valence-electron chi connectivity index (χ3n) is 5.75. The van der Waals surface area contributed by atoms with Crippen LogP contribution in [0.5, 0.6) is 0 Å². The number of hydrogen-bond acceptors (Lipinski definition) is 5. The van der Waals surface area contributed by atoms with Gasteiger partial charge in [-0.05, 0) is 48.0 Å². The Hall–Kier alpha value is -4.35. The molecule has 1 aliphatic rings. The molecular weight excluding hydrogens is 480 g/mol. The highest BCUT2D eigenvalue weighted by atomic mass is 32.2. The summed E-state index contributed by atoms with van der Waals surface area (Å²) in [5, 5.41) is 9.49. The van der Waals surface area contributed by atoms with Gasteiger partial charge in [0.15, 0.2) is 0 Å². The lowest BCUT2D eigenvalue weighted by Gasteiger charge is -2.16. The summed E-state index contributed by atoms with van der Waals surface area (Å²) in [6.07, 6.45) is -0.0989. The predicted molar refractivity (Wildman–Crippen MR) is 133 cm³/mol. The van der Waals surface area contributed by atoms with E-state index in [4.69, 9.17) is 0 Å². The maximum Gasteiger partial charge on any atom is 0.247 e. The van der Waals surface area contributed by atoms with Crippen molar-refractivity contribution in [1.82, 2.24) is 4.98 Å². The molecule has 5 nitrogen and oxygen atoms in total. The summed E-state index contributed by atoms with van der Waals surface area (Å²) in [7, 11) is 0. The largest absolute Gasteiger partial charge is 0.274 e. The van der Waals surface area contributed by atoms with E-state index in [0.717, 1.165) is 22.2 Å². The molecule has 4 aromatic rings. The monoisotopic (exact) mass is 497 g/mol. The molecule has 1 aromatic heterocycles. The van der Waals surface area contributed by atoms with Crippen LogP contribution in [0.15, 0.2) is 90.0 Å². The summed E-state index contributed by atoms with van der Waals surface area (Å²) in [4.78, 5) is 31.6. The number of halogens is 2. The van der Waals surface area contributed by atoms with Gasteiger partial charge in [0, 0.05) is 17.5 Å². The molecule has 0 radical (unpaired) electrons. The molecule has 0 spiro atoms. The van der Waals surface area contributed by atoms with Gasteiger partial charge in [0.05, 0.1) is 22.2 Å². The van der Waals surface area contributed by atoms with Gasteiger partial charge >= 0.3 is 0 Å². The minimum absolute atomic E-state index is 0.0989. The Balaban J connectivity index is 1.58. The molecule has 2 amide bonds. The molecule has 1 fully saturated rings. The number of carbonyl (C=O) groups is 2. The van der Waals surface area contributed by atoms with Crippen molar-refractivity contribution in [2.45, 2.75) is 16.7 Å². The summed E-state index contributed by atoms with van der Waals surface area (Å²) in [6.45, 7) is 0. The number of nitriles is 1. The number of nitrogens with zero attached hydrogens (tertiary/aromatic N) is 3. The van der Waals surface area contributed by atoms with E-state index in [0.29, 0.717) is 16.8 Å². The molecule has 0 saturated carbocycles. The number of thioether (sulfide) groups is 1. The van der Waals surface area contributed by atoms with Crippen molar-refractivity contribution in [3.05, 3.63) is 102 Å². The van der Waals surface area contributed by atoms with Gasteiger partial charge in [-0.3, -0.25) is 9.59 Å². The van der Waals surface area contributed by atoms with E-state index in [-0.39, 0.29) is 22.7 Å². The molecular formula is C28H17F2N3O2S. The lowest BCUT2D eigenvalue weighted by Crippen LogP contribution is -2.31. The SMILES string of the molecule is N#Cc1c(-c2cccc(F)c2)cc(-c2ccccc2)nc1S[C@@H]1CC(=O)N(c2ccc(F)cc2)C1=O. The van der Waals surface area contributed by atoms with Gasteiger partial charge in [-0.25, -0.2) is 18.7 Å². The molecule has 1 saturated heterocycles. The number of rotatable bonds is 5. The molecule has 0 unspecified atom stereocenters. The molecule has 3 aromatic carbocycles. The van der Waals surface area contributed by atoms with Crippen LogP contribution in [0.4, 0.5) is 14.5 Å². The van der Waals surface area contributed by atoms with Gasteiger partial charge < -0.3 is 0 Å². The summed E-state index contributed by atoms with van der Waals surface area (Å²) < 4.78 is 27.4. The Morgan fingerprint density at radius 3 is 2.31 bits per heavy atom. The van der Waals surface area contributed by atoms with E-state index < -0.39 is 28.7 Å². The Labute approximate surface area is 210 Å². The van der Waals surface area contributed by atoms with E-state index in [1.165, 1.54) is 36.4 Å². The van der Waals surface area contributed by atoms with Crippen molar-refractivity contribution < 1.29 is 18.4 Å². The van der Waals surface area contributed by atoms with Crippen LogP contribution in [0.1, 0.15) is 12.0 Å². The first kappa shape index (κ1) is 23.4. The van der Waals surface area contributed by atoms with Crippen LogP contribution >= 0.6 is 11.8 Å². The fourth-order valence-electron chi connectivity index (χ4n) is 4.05. The third-order valence-corrected chi connectivity index (χ3v) is 6.92. The zero-order chi connectivity index (χ0) is 25.2. The first-order valence-corrected chi connectivity index (χ1v) is 11.9. The molecule has 36 heavy (non-hydrogen) atoms. The van der Waals surface area contributed by atoms with E-state index in [9.17, 15) is 23.6 Å². The Morgan fingerprint density at radius 2 is 1.61 bits per heavy atom. The lowest BCUT2D eigenvalue weighted by atomic mass is 9.99. The number of hydrogen-bond donors (Lipinski definition) is 0. The van der Waals surface area contributed by atoms with Gasteiger partial charge in [-0.2, -0.15) is 5.26 Å². The topological polar surface area (TPSA) is 74.1 Å². The van der Waals surface area contributed by atoms with E-state index in [1.807, 2.05) is 30.3 Å². The quantitative estimate of drug-likeness (QED) is 0.317. The summed E-state index contributed by atoms with van der Waals surface area (Å²) in [5.41, 5.74) is 2.76. The molecule has 0 bridgehead atoms. The molecule has 5 rings (SSSR count). The van der Waals surface area contributed by atoms with Crippen molar-refractivity contribution in [3.63, 3.8) is 0 Å². The molecule has 1 atom stereocenters. The number of carbonyl (C=O) groups excluding carboxylic acids is 2. The summed E-state index contributed by atoms with van der Waals surface area (Å²) >= 11 is 1.02. The minimum atomic E-state index is -0.825. The fraction of sp³-hybridized carbons (Fsp3) is 0.0714. The van der Waals surface area contributed by atoms with Crippen LogP contribution in [0.3, 0.4) is 0 Å². The first-order valence-electron chi connectivity index (χ1n) is 11.0. The number of anilines is 1. The second-order valence-corrected chi connectivity index (χ2v) is 9.27. The molecule has 0 N–H and O–H groups in total. The number of amides is 2. The Kier molecular flexibility index (Phi) is 6.32. The normalized spacial score (nSPS) is 15.2. The molecule has 1 aliphatic heterocycles. The van der Waals surface area contributed by atoms with Crippen molar-refractivity contribution in [1.29, 1.82) is 5.26 Å². The number of imide groups is 1. The van der Waals surface area contributed by atoms with Gasteiger partial charge in [0.25, 0.3) is 0 Å². The van der Waals surface area contributed by atoms with E-state index in [2.05, 4.69) is 11.1 Å². The standard InChI is InChI=1S/C28H17F2N3O2S/c29-19-9-11-21(12-10-19)33-26(34)15-25(28(33)35)36-27-23(16-31)22(18-7-4-8-20(30)13-18)14-24(32-27)17-5-2-1-3-6-17/h1-14,25H,15H2/t25-/m1/s1. The number of pyridine rings is 1. The van der Waals surface area contributed by atoms with Crippen molar-refractivity contribution >= 4 is 29.3 Å². The number of benzene rings is 3. The maximum atomic E-state index is 14.0. The fourth-order valence-corrected chi connectivity index (χ4v) is 5.17. The van der Waals surface area contributed by atoms with E-state index in [1.54, 1.807) is 18.2 Å². The van der Waals surface area contributed by atoms with Crippen molar-refractivity contribution in [2.24, 2.45) is 0 Å². The van der Waals surface area contributed by atoms with Crippen LogP contribution in [-0.4, -0.2) is 22.0 Å².